The van der Waals surface area contributed by atoms with E-state index in [2.05, 4.69) is 15.0 Å². The van der Waals surface area contributed by atoms with Crippen LogP contribution in [-0.4, -0.2) is 146 Å². The predicted octanol–water partition coefficient (Wildman–Crippen LogP) is 1.48. The number of carboxylic acids is 1. The number of phosphoric ester groups is 1. The second kappa shape index (κ2) is 17.0. The Balaban J connectivity index is 1.38. The summed E-state index contributed by atoms with van der Waals surface area (Å²) in [5.74, 6) is -5.85. The number of aromatic nitrogens is 1. The van der Waals surface area contributed by atoms with Gasteiger partial charge in [-0.25, -0.2) is 27.5 Å². The highest BCUT2D eigenvalue weighted by molar-refractivity contribution is 7.46. The summed E-state index contributed by atoms with van der Waals surface area (Å²) in [6, 6.07) is 0.539. The van der Waals surface area contributed by atoms with Crippen molar-refractivity contribution in [2.75, 3.05) is 53.1 Å². The van der Waals surface area contributed by atoms with Crippen molar-refractivity contribution in [2.24, 2.45) is 5.16 Å². The first kappa shape index (κ1) is 43.1. The number of hydrogen-bond acceptors (Lipinski definition) is 13. The number of nitrogens with zero attached hydrogens (tertiary/aromatic N) is 6. The van der Waals surface area contributed by atoms with Crippen molar-refractivity contribution in [3.8, 4) is 5.75 Å². The Bertz CT molecular complexity index is 2180. The van der Waals surface area contributed by atoms with Gasteiger partial charge in [-0.05, 0) is 39.8 Å². The number of carboxylic acid groups (broad SMARTS) is 1. The van der Waals surface area contributed by atoms with Crippen molar-refractivity contribution >= 4 is 43.5 Å². The lowest BCUT2D eigenvalue weighted by atomic mass is 9.84. The Kier molecular flexibility index (Phi) is 12.4. The quantitative estimate of drug-likeness (QED) is 0.184. The number of carbonyl (C=O) groups is 5. The number of piperazine rings is 1. The Morgan fingerprint density at radius 3 is 2.56 bits per heavy atom. The van der Waals surface area contributed by atoms with Gasteiger partial charge in [0.25, 0.3) is 11.8 Å². The van der Waals surface area contributed by atoms with Crippen LogP contribution in [0.4, 0.5) is 18.4 Å². The van der Waals surface area contributed by atoms with E-state index in [1.807, 2.05) is 6.92 Å². The van der Waals surface area contributed by atoms with Crippen LogP contribution < -0.4 is 15.5 Å². The van der Waals surface area contributed by atoms with E-state index in [0.717, 1.165) is 23.2 Å². The van der Waals surface area contributed by atoms with Gasteiger partial charge in [0, 0.05) is 69.6 Å². The number of phosphoric acid groups is 1. The minimum absolute atomic E-state index is 0.0163. The maximum atomic E-state index is 14.5. The highest BCUT2D eigenvalue weighted by atomic mass is 31.2. The van der Waals surface area contributed by atoms with E-state index < -0.39 is 110 Å². The number of oxime groups is 1. The fourth-order valence-electron chi connectivity index (χ4n) is 7.71. The van der Waals surface area contributed by atoms with Crippen LogP contribution >= 0.6 is 7.82 Å². The lowest BCUT2D eigenvalue weighted by molar-refractivity contribution is -0.138. The smallest absolute Gasteiger partial charge is 0.472 e. The highest BCUT2D eigenvalue weighted by Gasteiger charge is 2.54. The zero-order valence-corrected chi connectivity index (χ0v) is 32.9. The number of hydrogen-bond donors (Lipinski definition) is 4. The van der Waals surface area contributed by atoms with Crippen LogP contribution in [-0.2, 0) is 30.0 Å². The average Bonchev–Trinajstić information content (AvgIpc) is 3.48. The third kappa shape index (κ3) is 9.38. The van der Waals surface area contributed by atoms with E-state index in [1.54, 1.807) is 18.9 Å². The Morgan fingerprint density at radius 2 is 1.90 bits per heavy atom. The molecule has 0 unspecified atom stereocenters. The van der Waals surface area contributed by atoms with Gasteiger partial charge in [0.1, 0.15) is 23.7 Å². The van der Waals surface area contributed by atoms with E-state index >= 15 is 0 Å². The van der Waals surface area contributed by atoms with Crippen molar-refractivity contribution in [3.63, 3.8) is 0 Å². The summed E-state index contributed by atoms with van der Waals surface area (Å²) >= 11 is 0. The molecule has 2 aromatic rings. The van der Waals surface area contributed by atoms with Gasteiger partial charge in [0.05, 0.1) is 17.8 Å². The van der Waals surface area contributed by atoms with Crippen LogP contribution in [0.3, 0.4) is 0 Å². The third-order valence-electron chi connectivity index (χ3n) is 10.7. The zero-order valence-electron chi connectivity index (χ0n) is 32.0. The molecule has 2 bridgehead atoms. The monoisotopic (exact) mass is 853 g/mol. The summed E-state index contributed by atoms with van der Waals surface area (Å²) in [7, 11) is -3.38. The van der Waals surface area contributed by atoms with E-state index in [-0.39, 0.29) is 43.5 Å². The molecule has 4 aliphatic heterocycles. The molecule has 0 aliphatic carbocycles. The molecule has 59 heavy (non-hydrogen) atoms. The molecule has 5 heterocycles. The molecule has 21 nitrogen and oxygen atoms in total. The van der Waals surface area contributed by atoms with Crippen molar-refractivity contribution in [3.05, 3.63) is 63.1 Å². The molecule has 4 aliphatic rings. The SMILES string of the molecule is CC1=NO[C@@]2(CC[C@H](C)N3C[C@H]2n2cc(C(=O)NCc4ccc(F)cc4F)c(=O)c(OC(=O)N4CCN(C)C[C@H]4CN(CC(=O)O)C(=O)OCOP(=O)(O)O)c2C3=O)C1. The van der Waals surface area contributed by atoms with Crippen LogP contribution in [0.5, 0.6) is 5.75 Å². The number of ether oxygens (including phenoxy) is 2. The molecule has 4 atom stereocenters. The van der Waals surface area contributed by atoms with Gasteiger partial charge >= 0.3 is 26.0 Å². The topological polar surface area (TPSA) is 259 Å². The minimum atomic E-state index is -5.06. The van der Waals surface area contributed by atoms with E-state index in [1.165, 1.54) is 9.47 Å². The maximum Gasteiger partial charge on any atom is 0.472 e. The number of pyridine rings is 1. The summed E-state index contributed by atoms with van der Waals surface area (Å²) in [5.41, 5.74) is -2.61. The van der Waals surface area contributed by atoms with Crippen molar-refractivity contribution in [1.29, 1.82) is 0 Å². The fraction of sp³-hybridized carbons (Fsp3) is 0.514. The lowest BCUT2D eigenvalue weighted by Crippen LogP contribution is -2.59. The third-order valence-corrected chi connectivity index (χ3v) is 11.1. The molecule has 0 radical (unpaired) electrons. The molecule has 1 spiro atoms. The first-order valence-corrected chi connectivity index (χ1v) is 19.8. The Morgan fingerprint density at radius 1 is 1.15 bits per heavy atom. The standard InChI is InChI=1S/C35H42F2N7O14P/c1-19-11-35(58-39-19)7-6-20(2)43-16-26(35)44-15-24(31(48)38-12-21-4-5-22(36)10-25(21)37)29(47)30(28(44)32(43)49)57-34(51)42-9-8-40(3)13-23(42)14-41(17-27(45)46)33(50)55-18-56-59(52,53)54/h4-5,10,15,20,23,26H,6-9,11-14,16-18H2,1-3H3,(H,38,48)(H,45,46)(H2,52,53,54)/t20-,23-,26+,35-/m0/s1. The zero-order chi connectivity index (χ0) is 43.0. The largest absolute Gasteiger partial charge is 0.480 e. The minimum Gasteiger partial charge on any atom is -0.480 e. The maximum absolute atomic E-state index is 14.5. The highest BCUT2D eigenvalue weighted by Crippen LogP contribution is 2.46. The molecule has 6 rings (SSSR count). The average molecular weight is 854 g/mol. The van der Waals surface area contributed by atoms with Crippen molar-refractivity contribution in [1.82, 2.24) is 29.5 Å². The number of carbonyl (C=O) groups excluding carboxylic acids is 4. The van der Waals surface area contributed by atoms with Gasteiger partial charge in [0.2, 0.25) is 18.0 Å². The molecule has 4 amide bonds. The predicted molar refractivity (Wildman–Crippen MR) is 196 cm³/mol. The number of fused-ring (bicyclic) bond motifs is 5. The van der Waals surface area contributed by atoms with Gasteiger partial charge in [-0.15, -0.1) is 0 Å². The lowest BCUT2D eigenvalue weighted by Gasteiger charge is -2.42. The van der Waals surface area contributed by atoms with E-state index in [9.17, 15) is 47.2 Å². The molecule has 320 valence electrons. The summed E-state index contributed by atoms with van der Waals surface area (Å²) in [6.07, 6.45) is -0.185. The second-order valence-electron chi connectivity index (χ2n) is 14.8. The molecular weight excluding hydrogens is 811 g/mol. The van der Waals surface area contributed by atoms with Crippen molar-refractivity contribution in [2.45, 2.75) is 63.4 Å². The molecule has 0 saturated carbocycles. The van der Waals surface area contributed by atoms with Gasteiger partial charge in [-0.2, -0.15) is 0 Å². The second-order valence-corrected chi connectivity index (χ2v) is 16.0. The number of amides is 4. The van der Waals surface area contributed by atoms with Crippen LogP contribution in [0, 0.1) is 11.6 Å². The fourth-order valence-corrected chi connectivity index (χ4v) is 7.90. The van der Waals surface area contributed by atoms with Crippen LogP contribution in [0.15, 0.2) is 34.3 Å². The molecular formula is C35H42F2N7O14P. The van der Waals surface area contributed by atoms with Crippen molar-refractivity contribution < 1.29 is 71.0 Å². The van der Waals surface area contributed by atoms with Crippen LogP contribution in [0.1, 0.15) is 65.6 Å². The van der Waals surface area contributed by atoms with Gasteiger partial charge in [-0.1, -0.05) is 11.2 Å². The van der Waals surface area contributed by atoms with Gasteiger partial charge in [0.15, 0.2) is 11.3 Å². The number of halogens is 2. The number of benzene rings is 1. The number of nitrogens with one attached hydrogen (secondary N) is 1. The van der Waals surface area contributed by atoms with Crippen LogP contribution in [0.2, 0.25) is 0 Å². The number of aliphatic carboxylic acids is 1. The van der Waals surface area contributed by atoms with E-state index in [0.29, 0.717) is 35.9 Å². The first-order chi connectivity index (χ1) is 27.8. The molecule has 1 aromatic carbocycles. The number of rotatable bonds is 11. The summed E-state index contributed by atoms with van der Waals surface area (Å²) < 4.78 is 55.2. The van der Waals surface area contributed by atoms with Gasteiger partial charge < -0.3 is 53.8 Å². The van der Waals surface area contributed by atoms with Gasteiger partial charge in [-0.3, -0.25) is 24.1 Å². The normalized spacial score (nSPS) is 22.9. The molecule has 24 heteroatoms. The summed E-state index contributed by atoms with van der Waals surface area (Å²) in [5, 5.41) is 16.1. The molecule has 4 N–H and O–H groups in total. The van der Waals surface area contributed by atoms with Crippen LogP contribution in [0.25, 0.3) is 0 Å². The summed E-state index contributed by atoms with van der Waals surface area (Å²) in [6.45, 7) is 0.608. The Hall–Kier alpha value is -5.48. The molecule has 2 saturated heterocycles. The Labute approximate surface area is 334 Å². The van der Waals surface area contributed by atoms with E-state index in [4.69, 9.17) is 24.1 Å². The molecule has 2 fully saturated rings. The summed E-state index contributed by atoms with van der Waals surface area (Å²) in [4.78, 5) is 110. The number of likely N-dealkylation sites (N-methyl/N-ethyl adjacent to an activating group) is 1. The molecule has 1 aromatic heterocycles. The first-order valence-electron chi connectivity index (χ1n) is 18.3.